The topological polar surface area (TPSA) is 84.3 Å². The van der Waals surface area contributed by atoms with Gasteiger partial charge in [0.1, 0.15) is 11.6 Å². The van der Waals surface area contributed by atoms with Gasteiger partial charge in [0, 0.05) is 35.5 Å². The number of hydrogen-bond donors (Lipinski definition) is 2. The van der Waals surface area contributed by atoms with E-state index in [-0.39, 0.29) is 23.5 Å². The summed E-state index contributed by atoms with van der Waals surface area (Å²) < 4.78 is 26.5. The highest BCUT2D eigenvalue weighted by Gasteiger charge is 2.13. The number of non-ortho nitro benzene ring substituents is 1. The van der Waals surface area contributed by atoms with E-state index in [9.17, 15) is 23.7 Å². The van der Waals surface area contributed by atoms with Crippen LogP contribution in [0.4, 0.5) is 20.2 Å². The van der Waals surface area contributed by atoms with Crippen LogP contribution in [0, 0.1) is 21.7 Å². The summed E-state index contributed by atoms with van der Waals surface area (Å²) in [6, 6.07) is 8.23. The minimum absolute atomic E-state index is 0.137. The van der Waals surface area contributed by atoms with E-state index in [1.165, 1.54) is 30.3 Å². The van der Waals surface area contributed by atoms with E-state index < -0.39 is 28.5 Å². The molecule has 0 radical (unpaired) electrons. The molecule has 0 saturated carbocycles. The largest absolute Gasteiger partial charge is 0.325 e. The molecule has 0 aliphatic carbocycles. The molecule has 8 heteroatoms. The predicted octanol–water partition coefficient (Wildman–Crippen LogP) is 3.16. The van der Waals surface area contributed by atoms with Crippen molar-refractivity contribution in [2.75, 3.05) is 11.9 Å². The Kier molecular flexibility index (Phi) is 5.54. The quantitative estimate of drug-likeness (QED) is 0.627. The van der Waals surface area contributed by atoms with Crippen LogP contribution in [0.3, 0.4) is 0 Å². The van der Waals surface area contributed by atoms with Crippen molar-refractivity contribution in [1.29, 1.82) is 0 Å². The van der Waals surface area contributed by atoms with E-state index in [0.29, 0.717) is 0 Å². The fourth-order valence-electron chi connectivity index (χ4n) is 2.11. The highest BCUT2D eigenvalue weighted by atomic mass is 19.1. The van der Waals surface area contributed by atoms with E-state index in [1.54, 1.807) is 6.92 Å². The molecule has 1 atom stereocenters. The number of amides is 1. The lowest BCUT2D eigenvalue weighted by atomic mass is 10.1. The first-order valence-corrected chi connectivity index (χ1v) is 7.09. The molecule has 0 fully saturated rings. The van der Waals surface area contributed by atoms with Crippen molar-refractivity contribution in [3.8, 4) is 0 Å². The number of nitrogens with zero attached hydrogens (tertiary/aromatic N) is 1. The van der Waals surface area contributed by atoms with Crippen LogP contribution in [-0.2, 0) is 4.79 Å². The van der Waals surface area contributed by atoms with Crippen molar-refractivity contribution in [2.24, 2.45) is 0 Å². The molecule has 126 valence electrons. The Labute approximate surface area is 136 Å². The number of nitrogens with one attached hydrogen (secondary N) is 2. The van der Waals surface area contributed by atoms with Crippen LogP contribution in [0.2, 0.25) is 0 Å². The van der Waals surface area contributed by atoms with Crippen LogP contribution in [0.25, 0.3) is 0 Å². The zero-order valence-corrected chi connectivity index (χ0v) is 12.8. The Bertz CT molecular complexity index is 768. The molecule has 0 aliphatic rings. The summed E-state index contributed by atoms with van der Waals surface area (Å²) in [4.78, 5) is 22.0. The molecular formula is C16H15F2N3O3. The number of hydrogen-bond acceptors (Lipinski definition) is 4. The van der Waals surface area contributed by atoms with Gasteiger partial charge < -0.3 is 10.6 Å². The van der Waals surface area contributed by atoms with Gasteiger partial charge in [-0.25, -0.2) is 8.78 Å². The average molecular weight is 335 g/mol. The Morgan fingerprint density at radius 2 is 2.00 bits per heavy atom. The molecule has 6 nitrogen and oxygen atoms in total. The van der Waals surface area contributed by atoms with Crippen LogP contribution in [0.15, 0.2) is 42.5 Å². The third kappa shape index (κ3) is 4.56. The second kappa shape index (κ2) is 7.60. The van der Waals surface area contributed by atoms with E-state index in [4.69, 9.17) is 0 Å². The van der Waals surface area contributed by atoms with Gasteiger partial charge in [-0.1, -0.05) is 12.1 Å². The summed E-state index contributed by atoms with van der Waals surface area (Å²) >= 11 is 0. The monoisotopic (exact) mass is 335 g/mol. The number of benzene rings is 2. The molecule has 0 aliphatic heterocycles. The van der Waals surface area contributed by atoms with Gasteiger partial charge in [0.05, 0.1) is 11.5 Å². The Balaban J connectivity index is 1.93. The van der Waals surface area contributed by atoms with Crippen LogP contribution < -0.4 is 10.6 Å². The molecule has 2 rings (SSSR count). The predicted molar refractivity (Wildman–Crippen MR) is 84.5 cm³/mol. The summed E-state index contributed by atoms with van der Waals surface area (Å²) in [5, 5.41) is 16.0. The molecule has 2 N–H and O–H groups in total. The van der Waals surface area contributed by atoms with Crippen molar-refractivity contribution < 1.29 is 18.5 Å². The molecule has 2 aromatic rings. The third-order valence-corrected chi connectivity index (χ3v) is 3.34. The molecule has 24 heavy (non-hydrogen) atoms. The molecule has 1 amide bonds. The van der Waals surface area contributed by atoms with Crippen molar-refractivity contribution in [1.82, 2.24) is 5.32 Å². The highest BCUT2D eigenvalue weighted by Crippen LogP contribution is 2.18. The molecule has 2 aromatic carbocycles. The lowest BCUT2D eigenvalue weighted by molar-refractivity contribution is -0.384. The molecule has 0 aromatic heterocycles. The molecule has 0 bridgehead atoms. The second-order valence-electron chi connectivity index (χ2n) is 5.12. The molecule has 0 spiro atoms. The maximum atomic E-state index is 13.6. The van der Waals surface area contributed by atoms with Gasteiger partial charge in [-0.2, -0.15) is 0 Å². The lowest BCUT2D eigenvalue weighted by Crippen LogP contribution is -2.30. The van der Waals surface area contributed by atoms with E-state index in [1.807, 2.05) is 0 Å². The van der Waals surface area contributed by atoms with Crippen LogP contribution in [-0.4, -0.2) is 17.4 Å². The first-order valence-electron chi connectivity index (χ1n) is 7.09. The number of anilines is 1. The van der Waals surface area contributed by atoms with Gasteiger partial charge in [0.25, 0.3) is 5.69 Å². The molecule has 0 unspecified atom stereocenters. The summed E-state index contributed by atoms with van der Waals surface area (Å²) in [7, 11) is 0. The maximum absolute atomic E-state index is 13.6. The zero-order chi connectivity index (χ0) is 17.7. The van der Waals surface area contributed by atoms with Gasteiger partial charge >= 0.3 is 0 Å². The van der Waals surface area contributed by atoms with E-state index in [2.05, 4.69) is 10.6 Å². The fourth-order valence-corrected chi connectivity index (χ4v) is 2.11. The Hall–Kier alpha value is -2.87. The van der Waals surface area contributed by atoms with Gasteiger partial charge in [0.2, 0.25) is 5.91 Å². The summed E-state index contributed by atoms with van der Waals surface area (Å²) in [6.07, 6.45) is 0. The van der Waals surface area contributed by atoms with Crippen molar-refractivity contribution in [3.63, 3.8) is 0 Å². The number of carbonyl (C=O) groups excluding carboxylic acids is 1. The van der Waals surface area contributed by atoms with Gasteiger partial charge in [-0.3, -0.25) is 14.9 Å². The third-order valence-electron chi connectivity index (χ3n) is 3.34. The van der Waals surface area contributed by atoms with Crippen molar-refractivity contribution >= 4 is 17.3 Å². The number of nitro groups is 1. The van der Waals surface area contributed by atoms with Crippen LogP contribution >= 0.6 is 0 Å². The number of halogens is 2. The fraction of sp³-hybridized carbons (Fsp3) is 0.188. The summed E-state index contributed by atoms with van der Waals surface area (Å²) in [6.45, 7) is 1.50. The van der Waals surface area contributed by atoms with Gasteiger partial charge in [-0.15, -0.1) is 0 Å². The number of rotatable bonds is 6. The summed E-state index contributed by atoms with van der Waals surface area (Å²) in [5.74, 6) is -1.81. The minimum Gasteiger partial charge on any atom is -0.325 e. The van der Waals surface area contributed by atoms with Crippen LogP contribution in [0.5, 0.6) is 0 Å². The molecule has 0 saturated heterocycles. The maximum Gasteiger partial charge on any atom is 0.271 e. The summed E-state index contributed by atoms with van der Waals surface area (Å²) in [5.41, 5.74) is 0.388. The smallest absolute Gasteiger partial charge is 0.271 e. The number of carbonyl (C=O) groups is 1. The molecule has 0 heterocycles. The average Bonchev–Trinajstić information content (AvgIpc) is 2.53. The Morgan fingerprint density at radius 3 is 2.67 bits per heavy atom. The minimum atomic E-state index is -0.700. The first-order chi connectivity index (χ1) is 11.4. The number of nitro benzene ring substituents is 1. The van der Waals surface area contributed by atoms with Gasteiger partial charge in [-0.05, 0) is 19.1 Å². The second-order valence-corrected chi connectivity index (χ2v) is 5.12. The SMILES string of the molecule is C[C@H](NCC(=O)Nc1cccc([N+](=O)[O-])c1)c1ccc(F)cc1F. The highest BCUT2D eigenvalue weighted by molar-refractivity contribution is 5.92. The molecular weight excluding hydrogens is 320 g/mol. The van der Waals surface area contributed by atoms with Crippen molar-refractivity contribution in [2.45, 2.75) is 13.0 Å². The van der Waals surface area contributed by atoms with E-state index in [0.717, 1.165) is 12.1 Å². The Morgan fingerprint density at radius 1 is 1.25 bits per heavy atom. The normalized spacial score (nSPS) is 11.8. The van der Waals surface area contributed by atoms with Gasteiger partial charge in [0.15, 0.2) is 0 Å². The zero-order valence-electron chi connectivity index (χ0n) is 12.8. The standard InChI is InChI=1S/C16H15F2N3O3/c1-10(14-6-5-11(17)7-15(14)18)19-9-16(22)20-12-3-2-4-13(8-12)21(23)24/h2-8,10,19H,9H2,1H3,(H,20,22)/t10-/m0/s1. The van der Waals surface area contributed by atoms with Crippen LogP contribution in [0.1, 0.15) is 18.5 Å². The van der Waals surface area contributed by atoms with E-state index >= 15 is 0 Å². The first kappa shape index (κ1) is 17.5. The lowest BCUT2D eigenvalue weighted by Gasteiger charge is -2.15. The van der Waals surface area contributed by atoms with Crippen molar-refractivity contribution in [3.05, 3.63) is 69.8 Å².